The Balaban J connectivity index is 4.74. The van der Waals surface area contributed by atoms with Crippen LogP contribution in [0.2, 0.25) is 0 Å². The van der Waals surface area contributed by atoms with Gasteiger partial charge in [-0.3, -0.25) is 23.2 Å². The molecule has 0 aliphatic carbocycles. The van der Waals surface area contributed by atoms with Crippen LogP contribution in [-0.4, -0.2) is 81.6 Å². The third kappa shape index (κ3) is 43.4. The number of allylic oxidation sites excluding steroid dienone is 16. The summed E-state index contributed by atoms with van der Waals surface area (Å²) >= 11 is 0. The van der Waals surface area contributed by atoms with Gasteiger partial charge in [-0.15, -0.1) is 0 Å². The van der Waals surface area contributed by atoms with Crippen molar-refractivity contribution in [2.24, 2.45) is 0 Å². The van der Waals surface area contributed by atoms with E-state index in [1.165, 1.54) is 0 Å². The smallest absolute Gasteiger partial charge is 0.462 e. The maximum Gasteiger partial charge on any atom is 0.472 e. The van der Waals surface area contributed by atoms with Crippen molar-refractivity contribution in [3.8, 4) is 0 Å². The predicted molar refractivity (Wildman–Crippen MR) is 245 cm³/mol. The fraction of sp³-hybridized carbons (Fsp3) is 0.565. The van der Waals surface area contributed by atoms with Crippen LogP contribution in [0.25, 0.3) is 0 Å². The number of esters is 2. The highest BCUT2D eigenvalue weighted by Gasteiger charge is 2.28. The van der Waals surface area contributed by atoms with Crippen LogP contribution in [0.3, 0.4) is 0 Å². The average molecular weight is 913 g/mol. The summed E-state index contributed by atoms with van der Waals surface area (Å²) in [4.78, 5) is 52.7. The monoisotopic (exact) mass is 912 g/mol. The molecule has 0 aromatic carbocycles. The molecule has 0 aromatic rings. The predicted octanol–water partition coefficient (Wildman–Crippen LogP) is 10.1. The number of aliphatic hydroxyl groups excluding tert-OH is 2. The molecule has 4 atom stereocenters. The molecule has 14 nitrogen and oxygen atoms in total. The fourth-order valence-corrected chi connectivity index (χ4v) is 6.14. The average Bonchev–Trinajstić information content (AvgIpc) is 3.23. The molecule has 5 N–H and O–H groups in total. The third-order valence-corrected chi connectivity index (χ3v) is 9.66. The molecule has 0 aromatic heterocycles. The molecule has 0 saturated carbocycles. The molecule has 62 heavy (non-hydrogen) atoms. The minimum atomic E-state index is -4.89. The summed E-state index contributed by atoms with van der Waals surface area (Å²) < 4.78 is 47.6. The van der Waals surface area contributed by atoms with Crippen LogP contribution in [0.15, 0.2) is 109 Å². The first-order valence-corrected chi connectivity index (χ1v) is 24.7. The lowest BCUT2D eigenvalue weighted by Crippen LogP contribution is -2.29. The number of hydrogen-bond acceptors (Lipinski definition) is 11. The van der Waals surface area contributed by atoms with E-state index in [4.69, 9.17) is 23.8 Å². The number of carbonyl (C=O) groups is 2. The molecule has 0 bridgehead atoms. The van der Waals surface area contributed by atoms with E-state index >= 15 is 0 Å². The molecule has 0 saturated heterocycles. The second-order valence-corrected chi connectivity index (χ2v) is 16.7. The summed E-state index contributed by atoms with van der Waals surface area (Å²) in [5.74, 6) is -1.18. The van der Waals surface area contributed by atoms with Crippen molar-refractivity contribution in [3.63, 3.8) is 0 Å². The number of rotatable bonds is 39. The van der Waals surface area contributed by atoms with Gasteiger partial charge in [0.25, 0.3) is 0 Å². The lowest BCUT2D eigenvalue weighted by atomic mass is 10.1. The van der Waals surface area contributed by atoms with E-state index in [2.05, 4.69) is 83.7 Å². The molecule has 16 heteroatoms. The third-order valence-electron chi connectivity index (χ3n) is 8.23. The maximum absolute atomic E-state index is 12.6. The first kappa shape index (κ1) is 58.7. The van der Waals surface area contributed by atoms with Crippen LogP contribution in [0.4, 0.5) is 0 Å². The van der Waals surface area contributed by atoms with E-state index in [0.717, 1.165) is 64.2 Å². The van der Waals surface area contributed by atoms with Crippen molar-refractivity contribution in [1.82, 2.24) is 0 Å². The zero-order valence-corrected chi connectivity index (χ0v) is 38.6. The molecule has 352 valence electrons. The Morgan fingerprint density at radius 2 is 1.03 bits per heavy atom. The van der Waals surface area contributed by atoms with Crippen molar-refractivity contribution in [2.45, 2.75) is 141 Å². The van der Waals surface area contributed by atoms with E-state index in [9.17, 15) is 33.8 Å². The van der Waals surface area contributed by atoms with Gasteiger partial charge in [0.1, 0.15) is 12.7 Å². The van der Waals surface area contributed by atoms with Crippen LogP contribution in [-0.2, 0) is 41.8 Å². The molecule has 0 amide bonds. The molecule has 0 aliphatic rings. The van der Waals surface area contributed by atoms with Crippen LogP contribution in [0.5, 0.6) is 0 Å². The standard InChI is InChI=1S/C46H74O14P2/c1-3-5-7-9-11-12-13-14-15-16-17-18-19-20-24-28-32-36-45(49)56-40-44(41-59-62(54,55)58-39-43(48)38-57-61(51,52)53)60-46(50)37-33-29-25-22-21-23-27-31-35-42(47)34-30-26-10-8-6-4-2/h5-8,11-12,14-15,17-18,22-23,25-27,30-31,35,42-44,47-48H,3-4,9-10,13,16,19-21,24,28-29,32-34,36-41H2,1-2H3,(H,54,55)(H2,51,52,53)/b7-5-,8-6-,12-11-,15-14-,18-17-,25-22-,27-23-,30-26-,35-31+/t42?,43-,44+/m0/s1. The number of carbonyl (C=O) groups excluding carboxylic acids is 2. The van der Waals surface area contributed by atoms with Crippen molar-refractivity contribution in [2.75, 3.05) is 26.4 Å². The van der Waals surface area contributed by atoms with Gasteiger partial charge in [-0.1, -0.05) is 136 Å². The normalized spacial score (nSPS) is 15.5. The van der Waals surface area contributed by atoms with E-state index in [1.54, 1.807) is 12.2 Å². The Morgan fingerprint density at radius 3 is 1.65 bits per heavy atom. The van der Waals surface area contributed by atoms with Gasteiger partial charge in [0.2, 0.25) is 0 Å². The second-order valence-electron chi connectivity index (χ2n) is 14.1. The highest BCUT2D eigenvalue weighted by Crippen LogP contribution is 2.43. The number of hydrogen-bond donors (Lipinski definition) is 5. The van der Waals surface area contributed by atoms with Crippen molar-refractivity contribution in [1.29, 1.82) is 0 Å². The maximum atomic E-state index is 12.6. The highest BCUT2D eigenvalue weighted by atomic mass is 31.2. The van der Waals surface area contributed by atoms with E-state index in [1.807, 2.05) is 36.5 Å². The van der Waals surface area contributed by atoms with Crippen molar-refractivity contribution in [3.05, 3.63) is 109 Å². The summed E-state index contributed by atoms with van der Waals surface area (Å²) in [5, 5.41) is 19.8. The van der Waals surface area contributed by atoms with Crippen molar-refractivity contribution >= 4 is 27.6 Å². The van der Waals surface area contributed by atoms with Gasteiger partial charge in [-0.05, 0) is 83.5 Å². The van der Waals surface area contributed by atoms with Crippen LogP contribution >= 0.6 is 15.6 Å². The lowest BCUT2D eigenvalue weighted by molar-refractivity contribution is -0.161. The summed E-state index contributed by atoms with van der Waals surface area (Å²) in [6.07, 6.45) is 45.4. The fourth-order valence-electron chi connectivity index (χ4n) is 4.99. The zero-order chi connectivity index (χ0) is 46.0. The lowest BCUT2D eigenvalue weighted by Gasteiger charge is -2.20. The van der Waals surface area contributed by atoms with Gasteiger partial charge < -0.3 is 34.4 Å². The molecule has 0 rings (SSSR count). The number of unbranched alkanes of at least 4 members (excludes halogenated alkanes) is 5. The van der Waals surface area contributed by atoms with E-state index in [0.29, 0.717) is 32.1 Å². The molecule has 0 spiro atoms. The van der Waals surface area contributed by atoms with Gasteiger partial charge in [0.05, 0.1) is 25.9 Å². The van der Waals surface area contributed by atoms with Gasteiger partial charge >= 0.3 is 27.6 Å². The summed E-state index contributed by atoms with van der Waals surface area (Å²) in [6, 6.07) is 0. The molecule has 0 aliphatic heterocycles. The van der Waals surface area contributed by atoms with Gasteiger partial charge in [0, 0.05) is 12.8 Å². The zero-order valence-electron chi connectivity index (χ0n) is 36.8. The summed E-state index contributed by atoms with van der Waals surface area (Å²) in [6.45, 7) is 1.32. The van der Waals surface area contributed by atoms with Crippen LogP contribution < -0.4 is 0 Å². The molecule has 0 fully saturated rings. The second kappa shape index (κ2) is 40.5. The minimum Gasteiger partial charge on any atom is -0.462 e. The first-order valence-electron chi connectivity index (χ1n) is 21.7. The molecule has 2 unspecified atom stereocenters. The van der Waals surface area contributed by atoms with Gasteiger partial charge in [-0.25, -0.2) is 9.13 Å². The Bertz CT molecular complexity index is 1520. The Kier molecular flexibility index (Phi) is 38.4. The molecule has 0 heterocycles. The topological polar surface area (TPSA) is 216 Å². The minimum absolute atomic E-state index is 0.00848. The van der Waals surface area contributed by atoms with Gasteiger partial charge in [-0.2, -0.15) is 0 Å². The van der Waals surface area contributed by atoms with E-state index < -0.39 is 72.3 Å². The molecule has 0 radical (unpaired) electrons. The summed E-state index contributed by atoms with van der Waals surface area (Å²) in [5.41, 5.74) is 0. The SMILES string of the molecule is CC/C=C\C/C=C\C/C=C\C/C=C\CCCCCCC(=O)OC[C@H](COP(=O)(O)OC[C@@H](O)COP(=O)(O)O)OC(=O)CCC/C=C\C/C=C\C=C\C(O)C/C=C\C/C=C\CC. The number of ether oxygens (including phenoxy) is 2. The number of phosphoric ester groups is 2. The highest BCUT2D eigenvalue weighted by molar-refractivity contribution is 7.47. The Morgan fingerprint density at radius 1 is 0.532 bits per heavy atom. The van der Waals surface area contributed by atoms with Crippen LogP contribution in [0, 0.1) is 0 Å². The van der Waals surface area contributed by atoms with Crippen molar-refractivity contribution < 1.29 is 66.7 Å². The van der Waals surface area contributed by atoms with Gasteiger partial charge in [0.15, 0.2) is 6.10 Å². The Hall–Kier alpha value is -3.26. The number of aliphatic hydroxyl groups is 2. The van der Waals surface area contributed by atoms with Crippen LogP contribution in [0.1, 0.15) is 123 Å². The largest absolute Gasteiger partial charge is 0.472 e. The quantitative estimate of drug-likeness (QED) is 0.0128. The molecular weight excluding hydrogens is 838 g/mol. The Labute approximate surface area is 370 Å². The number of phosphoric acid groups is 2. The summed E-state index contributed by atoms with van der Waals surface area (Å²) in [7, 11) is -9.74. The van der Waals surface area contributed by atoms with E-state index in [-0.39, 0.29) is 12.8 Å². The molecular formula is C46H74O14P2. The first-order chi connectivity index (χ1) is 29.8.